The fraction of sp³-hybridized carbons (Fsp3) is 0.462. The first-order valence-corrected chi connectivity index (χ1v) is 7.24. The molecule has 8 heteroatoms. The summed E-state index contributed by atoms with van der Waals surface area (Å²) in [5.74, 6) is -0.435. The molecule has 1 aromatic carbocycles. The lowest BCUT2D eigenvalue weighted by Gasteiger charge is -2.17. The SMILES string of the molecule is CCOC(CNC(=O)c1cc([N+](=O)[O-])ccc1Br)OCC. The zero-order valence-electron chi connectivity index (χ0n) is 11.8. The van der Waals surface area contributed by atoms with Crippen molar-refractivity contribution in [1.82, 2.24) is 5.32 Å². The number of rotatable bonds is 8. The number of amides is 1. The summed E-state index contributed by atoms with van der Waals surface area (Å²) in [7, 11) is 0. The highest BCUT2D eigenvalue weighted by atomic mass is 79.9. The molecule has 0 saturated heterocycles. The van der Waals surface area contributed by atoms with Gasteiger partial charge in [0.15, 0.2) is 6.29 Å². The Bertz CT molecular complexity index is 503. The first kappa shape index (κ1) is 17.5. The van der Waals surface area contributed by atoms with E-state index >= 15 is 0 Å². The highest BCUT2D eigenvalue weighted by Gasteiger charge is 2.17. The first-order valence-electron chi connectivity index (χ1n) is 6.44. The van der Waals surface area contributed by atoms with Crippen molar-refractivity contribution in [3.63, 3.8) is 0 Å². The van der Waals surface area contributed by atoms with Gasteiger partial charge in [-0.05, 0) is 35.8 Å². The molecule has 0 aliphatic heterocycles. The fourth-order valence-electron chi connectivity index (χ4n) is 1.61. The van der Waals surface area contributed by atoms with Gasteiger partial charge in [0.2, 0.25) is 0 Å². The van der Waals surface area contributed by atoms with Gasteiger partial charge in [-0.25, -0.2) is 0 Å². The maximum absolute atomic E-state index is 12.1. The van der Waals surface area contributed by atoms with Crippen LogP contribution in [0.3, 0.4) is 0 Å². The van der Waals surface area contributed by atoms with E-state index in [4.69, 9.17) is 9.47 Å². The second kappa shape index (κ2) is 8.71. The van der Waals surface area contributed by atoms with E-state index in [-0.39, 0.29) is 17.8 Å². The second-order valence-corrected chi connectivity index (χ2v) is 4.83. The van der Waals surface area contributed by atoms with Crippen LogP contribution in [0.15, 0.2) is 22.7 Å². The van der Waals surface area contributed by atoms with Gasteiger partial charge in [-0.1, -0.05) is 0 Å². The smallest absolute Gasteiger partial charge is 0.270 e. The Labute approximate surface area is 130 Å². The molecule has 1 rings (SSSR count). The Kier molecular flexibility index (Phi) is 7.27. The minimum Gasteiger partial charge on any atom is -0.351 e. The van der Waals surface area contributed by atoms with E-state index in [1.54, 1.807) is 0 Å². The van der Waals surface area contributed by atoms with Gasteiger partial charge in [0.05, 0.1) is 17.0 Å². The minimum absolute atomic E-state index is 0.144. The molecule has 0 spiro atoms. The Balaban J connectivity index is 2.74. The van der Waals surface area contributed by atoms with Crippen LogP contribution in [0.25, 0.3) is 0 Å². The maximum Gasteiger partial charge on any atom is 0.270 e. The molecule has 0 aliphatic rings. The molecule has 0 atom stereocenters. The maximum atomic E-state index is 12.1. The standard InChI is InChI=1S/C13H17BrN2O5/c1-3-20-12(21-4-2)8-15-13(17)10-7-9(16(18)19)5-6-11(10)14/h5-7,12H,3-4,8H2,1-2H3,(H,15,17). The van der Waals surface area contributed by atoms with Crippen LogP contribution >= 0.6 is 15.9 Å². The number of nitrogens with zero attached hydrogens (tertiary/aromatic N) is 1. The minimum atomic E-state index is -0.549. The van der Waals surface area contributed by atoms with Crippen LogP contribution in [-0.4, -0.2) is 36.9 Å². The summed E-state index contributed by atoms with van der Waals surface area (Å²) in [6, 6.07) is 4.01. The van der Waals surface area contributed by atoms with Crippen LogP contribution in [0.5, 0.6) is 0 Å². The number of benzene rings is 1. The van der Waals surface area contributed by atoms with Crippen molar-refractivity contribution in [2.24, 2.45) is 0 Å². The van der Waals surface area contributed by atoms with Crippen molar-refractivity contribution < 1.29 is 19.2 Å². The number of halogens is 1. The van der Waals surface area contributed by atoms with Crippen molar-refractivity contribution in [2.75, 3.05) is 19.8 Å². The molecule has 1 amide bonds. The molecule has 116 valence electrons. The number of carbonyl (C=O) groups is 1. The summed E-state index contributed by atoms with van der Waals surface area (Å²) in [5, 5.41) is 13.4. The van der Waals surface area contributed by atoms with E-state index < -0.39 is 17.1 Å². The topological polar surface area (TPSA) is 90.7 Å². The van der Waals surface area contributed by atoms with E-state index in [0.717, 1.165) is 0 Å². The van der Waals surface area contributed by atoms with E-state index in [9.17, 15) is 14.9 Å². The average molecular weight is 361 g/mol. The zero-order valence-corrected chi connectivity index (χ0v) is 13.4. The van der Waals surface area contributed by atoms with Gasteiger partial charge in [-0.15, -0.1) is 0 Å². The lowest BCUT2D eigenvalue weighted by Crippen LogP contribution is -2.35. The van der Waals surface area contributed by atoms with Crippen LogP contribution in [0.1, 0.15) is 24.2 Å². The third-order valence-electron chi connectivity index (χ3n) is 2.54. The second-order valence-electron chi connectivity index (χ2n) is 3.97. The Morgan fingerprint density at radius 3 is 2.52 bits per heavy atom. The van der Waals surface area contributed by atoms with Gasteiger partial charge in [0.1, 0.15) is 0 Å². The summed E-state index contributed by atoms with van der Waals surface area (Å²) in [6.45, 7) is 4.73. The van der Waals surface area contributed by atoms with Gasteiger partial charge in [-0.2, -0.15) is 0 Å². The number of non-ortho nitro benzene ring substituents is 1. The van der Waals surface area contributed by atoms with E-state index in [2.05, 4.69) is 21.2 Å². The normalized spacial score (nSPS) is 10.7. The summed E-state index contributed by atoms with van der Waals surface area (Å²) in [6.07, 6.45) is -0.540. The highest BCUT2D eigenvalue weighted by molar-refractivity contribution is 9.10. The molecule has 0 unspecified atom stereocenters. The first-order chi connectivity index (χ1) is 9.99. The average Bonchev–Trinajstić information content (AvgIpc) is 2.45. The molecule has 0 saturated carbocycles. The Morgan fingerprint density at radius 2 is 2.00 bits per heavy atom. The molecular formula is C13H17BrN2O5. The van der Waals surface area contributed by atoms with E-state index in [1.165, 1.54) is 18.2 Å². The molecule has 0 aromatic heterocycles. The summed E-state index contributed by atoms with van der Waals surface area (Å²) >= 11 is 3.20. The highest BCUT2D eigenvalue weighted by Crippen LogP contribution is 2.22. The fourth-order valence-corrected chi connectivity index (χ4v) is 2.04. The number of carbonyl (C=O) groups excluding carboxylic acids is 1. The lowest BCUT2D eigenvalue weighted by atomic mass is 10.2. The molecule has 0 aliphatic carbocycles. The number of nitro groups is 1. The zero-order chi connectivity index (χ0) is 15.8. The van der Waals surface area contributed by atoms with Crippen molar-refractivity contribution >= 4 is 27.5 Å². The van der Waals surface area contributed by atoms with Gasteiger partial charge in [0, 0.05) is 29.8 Å². The predicted octanol–water partition coefficient (Wildman–Crippen LogP) is 2.49. The van der Waals surface area contributed by atoms with Gasteiger partial charge >= 0.3 is 0 Å². The summed E-state index contributed by atoms with van der Waals surface area (Å²) in [4.78, 5) is 22.3. The molecular weight excluding hydrogens is 344 g/mol. The number of hydrogen-bond acceptors (Lipinski definition) is 5. The predicted molar refractivity (Wildman–Crippen MR) is 80.2 cm³/mol. The lowest BCUT2D eigenvalue weighted by molar-refractivity contribution is -0.384. The van der Waals surface area contributed by atoms with Crippen LogP contribution in [0.4, 0.5) is 5.69 Å². The summed E-state index contributed by atoms with van der Waals surface area (Å²) in [5.41, 5.74) is 0.0467. The number of nitro benzene ring substituents is 1. The largest absolute Gasteiger partial charge is 0.351 e. The molecule has 0 radical (unpaired) electrons. The molecule has 0 heterocycles. The number of nitrogens with one attached hydrogen (secondary N) is 1. The van der Waals surface area contributed by atoms with Crippen LogP contribution in [-0.2, 0) is 9.47 Å². The molecule has 21 heavy (non-hydrogen) atoms. The molecule has 1 aromatic rings. The number of ether oxygens (including phenoxy) is 2. The van der Waals surface area contributed by atoms with Crippen molar-refractivity contribution in [2.45, 2.75) is 20.1 Å². The quantitative estimate of drug-likeness (QED) is 0.436. The number of hydrogen-bond donors (Lipinski definition) is 1. The third-order valence-corrected chi connectivity index (χ3v) is 3.23. The van der Waals surface area contributed by atoms with Crippen molar-refractivity contribution in [1.29, 1.82) is 0 Å². The third kappa shape index (κ3) is 5.41. The van der Waals surface area contributed by atoms with Gasteiger partial charge in [-0.3, -0.25) is 14.9 Å². The van der Waals surface area contributed by atoms with E-state index in [0.29, 0.717) is 17.7 Å². The van der Waals surface area contributed by atoms with Crippen LogP contribution in [0, 0.1) is 10.1 Å². The van der Waals surface area contributed by atoms with Crippen molar-refractivity contribution in [3.8, 4) is 0 Å². The molecule has 7 nitrogen and oxygen atoms in total. The van der Waals surface area contributed by atoms with Gasteiger partial charge in [0.25, 0.3) is 11.6 Å². The Morgan fingerprint density at radius 1 is 1.38 bits per heavy atom. The van der Waals surface area contributed by atoms with Crippen LogP contribution in [0.2, 0.25) is 0 Å². The van der Waals surface area contributed by atoms with Gasteiger partial charge < -0.3 is 14.8 Å². The van der Waals surface area contributed by atoms with E-state index in [1.807, 2.05) is 13.8 Å². The van der Waals surface area contributed by atoms with Crippen LogP contribution < -0.4 is 5.32 Å². The molecule has 0 bridgehead atoms. The van der Waals surface area contributed by atoms with Crippen molar-refractivity contribution in [3.05, 3.63) is 38.3 Å². The summed E-state index contributed by atoms with van der Waals surface area (Å²) < 4.78 is 11.1. The monoisotopic (exact) mass is 360 g/mol. The Hall–Kier alpha value is -1.51. The molecule has 0 fully saturated rings. The molecule has 1 N–H and O–H groups in total.